The molecule has 1 atom stereocenters. The summed E-state index contributed by atoms with van der Waals surface area (Å²) in [6, 6.07) is 8.16. The van der Waals surface area contributed by atoms with Gasteiger partial charge in [0, 0.05) is 32.6 Å². The average Bonchev–Trinajstić information content (AvgIpc) is 3.61. The van der Waals surface area contributed by atoms with Gasteiger partial charge in [-0.05, 0) is 63.2 Å². The van der Waals surface area contributed by atoms with Gasteiger partial charge in [-0.25, -0.2) is 0 Å². The maximum Gasteiger partial charge on any atom is 0.191 e. The van der Waals surface area contributed by atoms with Crippen LogP contribution in [0.5, 0.6) is 0 Å². The summed E-state index contributed by atoms with van der Waals surface area (Å²) in [5, 5.41) is 7.02. The second-order valence-electron chi connectivity index (χ2n) is 8.45. The van der Waals surface area contributed by atoms with Crippen LogP contribution in [0.1, 0.15) is 36.8 Å². The van der Waals surface area contributed by atoms with E-state index in [-0.39, 0.29) is 30.0 Å². The van der Waals surface area contributed by atoms with E-state index in [1.165, 1.54) is 12.8 Å². The quantitative estimate of drug-likeness (QED) is 0.186. The highest BCUT2D eigenvalue weighted by Gasteiger charge is 2.25. The standard InChI is InChI=1S/C24H37N5O3.HI/c1-2-13-29(12-1)22(23-7-4-17-32-23)20-27-24(26-10-8-21-6-3-16-31-21)25-9-5-11-28-14-18-30-19-15-28;/h3-4,6-7,16-17,22H,1-2,5,8-15,18-20H2,(H2,25,26,27);1H. The Hall–Kier alpha value is -1.56. The zero-order valence-corrected chi connectivity index (χ0v) is 21.7. The van der Waals surface area contributed by atoms with Crippen LogP contribution in [-0.4, -0.2) is 81.3 Å². The fraction of sp³-hybridized carbons (Fsp3) is 0.625. The molecule has 9 heteroatoms. The van der Waals surface area contributed by atoms with E-state index in [1.807, 2.05) is 18.2 Å². The van der Waals surface area contributed by atoms with Gasteiger partial charge in [-0.15, -0.1) is 24.0 Å². The molecule has 2 aromatic heterocycles. The van der Waals surface area contributed by atoms with E-state index >= 15 is 0 Å². The van der Waals surface area contributed by atoms with E-state index in [2.05, 4.69) is 26.5 Å². The number of rotatable bonds is 11. The van der Waals surface area contributed by atoms with Gasteiger partial charge in [0.05, 0.1) is 38.3 Å². The summed E-state index contributed by atoms with van der Waals surface area (Å²) < 4.78 is 16.7. The fourth-order valence-corrected chi connectivity index (χ4v) is 4.36. The summed E-state index contributed by atoms with van der Waals surface area (Å²) in [4.78, 5) is 9.91. The average molecular weight is 572 g/mol. The lowest BCUT2D eigenvalue weighted by molar-refractivity contribution is 0.0376. The lowest BCUT2D eigenvalue weighted by Crippen LogP contribution is -2.41. The molecule has 4 rings (SSSR count). The van der Waals surface area contributed by atoms with Gasteiger partial charge in [-0.2, -0.15) is 0 Å². The van der Waals surface area contributed by atoms with Crippen molar-refractivity contribution in [3.8, 4) is 0 Å². The topological polar surface area (TPSA) is 78.4 Å². The molecule has 2 aliphatic heterocycles. The zero-order chi connectivity index (χ0) is 21.8. The molecule has 184 valence electrons. The molecular weight excluding hydrogens is 533 g/mol. The number of likely N-dealkylation sites (tertiary alicyclic amines) is 1. The minimum Gasteiger partial charge on any atom is -0.469 e. The second-order valence-corrected chi connectivity index (χ2v) is 8.45. The Morgan fingerprint density at radius 1 is 0.970 bits per heavy atom. The van der Waals surface area contributed by atoms with E-state index in [0.717, 1.165) is 89.3 Å². The number of furan rings is 2. The van der Waals surface area contributed by atoms with Gasteiger partial charge in [0.2, 0.25) is 0 Å². The molecule has 0 amide bonds. The third-order valence-electron chi connectivity index (χ3n) is 6.17. The Kier molecular flexibility index (Phi) is 11.6. The Bertz CT molecular complexity index is 772. The van der Waals surface area contributed by atoms with Crippen LogP contribution in [-0.2, 0) is 11.2 Å². The molecule has 4 heterocycles. The Morgan fingerprint density at radius 2 is 1.73 bits per heavy atom. The van der Waals surface area contributed by atoms with Crippen molar-refractivity contribution < 1.29 is 13.6 Å². The van der Waals surface area contributed by atoms with Gasteiger partial charge in [0.25, 0.3) is 0 Å². The first kappa shape index (κ1) is 26.1. The van der Waals surface area contributed by atoms with Crippen molar-refractivity contribution in [1.29, 1.82) is 0 Å². The number of hydrogen-bond donors (Lipinski definition) is 2. The second kappa shape index (κ2) is 14.6. The van der Waals surface area contributed by atoms with Crippen LogP contribution in [0.4, 0.5) is 0 Å². The molecule has 2 aromatic rings. The van der Waals surface area contributed by atoms with Crippen molar-refractivity contribution in [1.82, 2.24) is 20.4 Å². The SMILES string of the molecule is I.c1coc(CCNC(=NCC(c2ccco2)N2CCCC2)NCCCN2CCOCC2)c1. The summed E-state index contributed by atoms with van der Waals surface area (Å²) >= 11 is 0. The van der Waals surface area contributed by atoms with Gasteiger partial charge in [-0.3, -0.25) is 14.8 Å². The fourth-order valence-electron chi connectivity index (χ4n) is 4.36. The van der Waals surface area contributed by atoms with Gasteiger partial charge >= 0.3 is 0 Å². The van der Waals surface area contributed by atoms with Gasteiger partial charge in [-0.1, -0.05) is 0 Å². The Balaban J connectivity index is 0.00000306. The predicted octanol–water partition coefficient (Wildman–Crippen LogP) is 3.13. The first-order valence-corrected chi connectivity index (χ1v) is 12.0. The Labute approximate surface area is 214 Å². The zero-order valence-electron chi connectivity index (χ0n) is 19.4. The summed E-state index contributed by atoms with van der Waals surface area (Å²) in [7, 11) is 0. The highest BCUT2D eigenvalue weighted by molar-refractivity contribution is 14.0. The van der Waals surface area contributed by atoms with Crippen molar-refractivity contribution >= 4 is 29.9 Å². The summed E-state index contributed by atoms with van der Waals surface area (Å²) in [6.07, 6.45) is 7.87. The van der Waals surface area contributed by atoms with Crippen LogP contribution in [0.25, 0.3) is 0 Å². The molecule has 2 saturated heterocycles. The van der Waals surface area contributed by atoms with Crippen molar-refractivity contribution in [3.05, 3.63) is 48.3 Å². The largest absolute Gasteiger partial charge is 0.469 e. The number of nitrogens with one attached hydrogen (secondary N) is 2. The first-order chi connectivity index (χ1) is 15.9. The van der Waals surface area contributed by atoms with Gasteiger partial charge in [0.15, 0.2) is 5.96 Å². The molecule has 2 fully saturated rings. The highest BCUT2D eigenvalue weighted by atomic mass is 127. The van der Waals surface area contributed by atoms with Gasteiger partial charge < -0.3 is 24.2 Å². The molecule has 1 unspecified atom stereocenters. The maximum atomic E-state index is 5.76. The predicted molar refractivity (Wildman–Crippen MR) is 140 cm³/mol. The third kappa shape index (κ3) is 8.62. The molecule has 0 aliphatic carbocycles. The lowest BCUT2D eigenvalue weighted by atomic mass is 10.2. The molecule has 0 saturated carbocycles. The van der Waals surface area contributed by atoms with Gasteiger partial charge in [0.1, 0.15) is 11.5 Å². The Morgan fingerprint density at radius 3 is 2.45 bits per heavy atom. The van der Waals surface area contributed by atoms with Crippen molar-refractivity contribution in [2.24, 2.45) is 4.99 Å². The number of aliphatic imine (C=N–C) groups is 1. The van der Waals surface area contributed by atoms with E-state index in [9.17, 15) is 0 Å². The van der Waals surface area contributed by atoms with Crippen LogP contribution < -0.4 is 10.6 Å². The highest BCUT2D eigenvalue weighted by Crippen LogP contribution is 2.25. The number of ether oxygens (including phenoxy) is 1. The smallest absolute Gasteiger partial charge is 0.191 e. The van der Waals surface area contributed by atoms with E-state index in [1.54, 1.807) is 12.5 Å². The van der Waals surface area contributed by atoms with Crippen LogP contribution in [0, 0.1) is 0 Å². The minimum atomic E-state index is 0. The molecule has 33 heavy (non-hydrogen) atoms. The lowest BCUT2D eigenvalue weighted by Gasteiger charge is -2.26. The maximum absolute atomic E-state index is 5.76. The number of guanidine groups is 1. The summed E-state index contributed by atoms with van der Waals surface area (Å²) in [5.74, 6) is 2.84. The van der Waals surface area contributed by atoms with Crippen molar-refractivity contribution in [2.45, 2.75) is 31.7 Å². The number of morpholine rings is 1. The number of nitrogens with zero attached hydrogens (tertiary/aromatic N) is 3. The van der Waals surface area contributed by atoms with Crippen molar-refractivity contribution in [3.63, 3.8) is 0 Å². The molecule has 0 radical (unpaired) electrons. The minimum absolute atomic E-state index is 0. The molecule has 2 N–H and O–H groups in total. The van der Waals surface area contributed by atoms with E-state index in [4.69, 9.17) is 18.6 Å². The van der Waals surface area contributed by atoms with Crippen LogP contribution in [0.15, 0.2) is 50.6 Å². The normalized spacial score (nSPS) is 18.7. The van der Waals surface area contributed by atoms with E-state index < -0.39 is 0 Å². The molecule has 0 spiro atoms. The molecule has 2 aliphatic rings. The monoisotopic (exact) mass is 571 g/mol. The number of halogens is 1. The summed E-state index contributed by atoms with van der Waals surface area (Å²) in [6.45, 7) is 9.39. The van der Waals surface area contributed by atoms with Crippen molar-refractivity contribution in [2.75, 3.05) is 65.6 Å². The van der Waals surface area contributed by atoms with E-state index in [0.29, 0.717) is 6.54 Å². The van der Waals surface area contributed by atoms with Crippen LogP contribution in [0.3, 0.4) is 0 Å². The first-order valence-electron chi connectivity index (χ1n) is 12.0. The molecular formula is C24H38IN5O3. The molecule has 0 bridgehead atoms. The van der Waals surface area contributed by atoms with Crippen LogP contribution >= 0.6 is 24.0 Å². The molecule has 0 aromatic carbocycles. The molecule has 8 nitrogen and oxygen atoms in total. The third-order valence-corrected chi connectivity index (χ3v) is 6.17. The number of hydrogen-bond acceptors (Lipinski definition) is 6. The van der Waals surface area contributed by atoms with Crippen LogP contribution in [0.2, 0.25) is 0 Å². The summed E-state index contributed by atoms with van der Waals surface area (Å²) in [5.41, 5.74) is 0.